The average Bonchev–Trinajstić information content (AvgIpc) is 3.39. The molecule has 1 aromatic carbocycles. The van der Waals surface area contributed by atoms with Gasteiger partial charge in [-0.1, -0.05) is 0 Å². The molecule has 1 aromatic rings. The lowest BCUT2D eigenvalue weighted by molar-refractivity contribution is -0.128. The zero-order valence-corrected chi connectivity index (χ0v) is 21.2. The number of nitrogens with one attached hydrogen (secondary N) is 3. The summed E-state index contributed by atoms with van der Waals surface area (Å²) in [6.07, 6.45) is 1.88. The highest BCUT2D eigenvalue weighted by Crippen LogP contribution is 2.38. The number of carbonyl (C=O) groups is 1. The van der Waals surface area contributed by atoms with E-state index in [2.05, 4.69) is 16.0 Å². The number of carbonyl (C=O) groups excluding carboxylic acids is 1. The number of aryl methyl sites for hydroxylation is 1. The number of alkyl halides is 2. The van der Waals surface area contributed by atoms with Gasteiger partial charge in [0.15, 0.2) is 0 Å². The van der Waals surface area contributed by atoms with Crippen LogP contribution in [0.5, 0.6) is 0 Å². The molecule has 0 spiro atoms. The summed E-state index contributed by atoms with van der Waals surface area (Å²) in [6.45, 7) is 5.32. The largest absolute Gasteiger partial charge is 0.394 e. The van der Waals surface area contributed by atoms with E-state index in [1.165, 1.54) is 0 Å². The Morgan fingerprint density at radius 1 is 1.31 bits per heavy atom. The monoisotopic (exact) mass is 503 g/mol. The van der Waals surface area contributed by atoms with Gasteiger partial charge in [-0.25, -0.2) is 8.78 Å². The molecule has 1 fully saturated rings. The van der Waals surface area contributed by atoms with Crippen LogP contribution in [0.25, 0.3) is 5.57 Å². The number of benzene rings is 1. The summed E-state index contributed by atoms with van der Waals surface area (Å²) in [5.74, 6) is 0.00981. The van der Waals surface area contributed by atoms with Gasteiger partial charge in [-0.2, -0.15) is 0 Å². The molecule has 0 aliphatic carbocycles. The van der Waals surface area contributed by atoms with Crippen molar-refractivity contribution in [2.75, 3.05) is 51.2 Å². The first-order valence-corrected chi connectivity index (χ1v) is 12.8. The van der Waals surface area contributed by atoms with E-state index in [0.717, 1.165) is 54.9 Å². The second-order valence-electron chi connectivity index (χ2n) is 9.80. The minimum atomic E-state index is -2.65. The molecule has 3 aliphatic rings. The fourth-order valence-corrected chi connectivity index (χ4v) is 5.55. The number of anilines is 1. The third kappa shape index (κ3) is 5.50. The summed E-state index contributed by atoms with van der Waals surface area (Å²) < 4.78 is 28.5. The fourth-order valence-electron chi connectivity index (χ4n) is 5.55. The van der Waals surface area contributed by atoms with Crippen LogP contribution >= 0.6 is 0 Å². The Hall–Kier alpha value is -2.69. The fraction of sp³-hybridized carbons (Fsp3) is 0.577. The molecule has 1 saturated heterocycles. The van der Waals surface area contributed by atoms with Gasteiger partial charge < -0.3 is 37.2 Å². The van der Waals surface area contributed by atoms with Crippen LogP contribution in [0.1, 0.15) is 49.3 Å². The lowest BCUT2D eigenvalue weighted by Gasteiger charge is -2.41. The number of rotatable bonds is 8. The lowest BCUT2D eigenvalue weighted by Crippen LogP contribution is -2.52. The molecule has 2 atom stereocenters. The van der Waals surface area contributed by atoms with E-state index >= 15 is 0 Å². The van der Waals surface area contributed by atoms with E-state index in [1.807, 2.05) is 15.9 Å². The number of fused-ring (bicyclic) bond motifs is 1. The van der Waals surface area contributed by atoms with Gasteiger partial charge >= 0.3 is 0 Å². The minimum Gasteiger partial charge on any atom is -0.394 e. The van der Waals surface area contributed by atoms with Crippen molar-refractivity contribution < 1.29 is 13.6 Å². The summed E-state index contributed by atoms with van der Waals surface area (Å²) in [4.78, 5) is 16.1. The molecule has 8 nitrogen and oxygen atoms in total. The quantitative estimate of drug-likeness (QED) is 0.367. The molecule has 7 N–H and O–H groups in total. The smallest absolute Gasteiger partial charge is 0.264 e. The van der Waals surface area contributed by atoms with Crippen molar-refractivity contribution in [2.24, 2.45) is 11.5 Å². The molecule has 36 heavy (non-hydrogen) atoms. The number of nitrogens with two attached hydrogens (primary N) is 2. The van der Waals surface area contributed by atoms with E-state index in [-0.39, 0.29) is 18.0 Å². The van der Waals surface area contributed by atoms with Gasteiger partial charge in [0.1, 0.15) is 6.17 Å². The summed E-state index contributed by atoms with van der Waals surface area (Å²) in [5, 5.41) is 9.96. The molecule has 4 rings (SSSR count). The van der Waals surface area contributed by atoms with E-state index in [4.69, 9.17) is 11.5 Å². The van der Waals surface area contributed by atoms with Crippen molar-refractivity contribution in [3.8, 4) is 0 Å². The Morgan fingerprint density at radius 3 is 2.75 bits per heavy atom. The molecular weight excluding hydrogens is 464 g/mol. The van der Waals surface area contributed by atoms with Crippen molar-refractivity contribution in [1.29, 1.82) is 0 Å². The maximum absolute atomic E-state index is 14.2. The second kappa shape index (κ2) is 11.6. The maximum Gasteiger partial charge on any atom is 0.264 e. The number of nitrogens with zero attached hydrogens (tertiary/aromatic N) is 2. The van der Waals surface area contributed by atoms with Crippen molar-refractivity contribution in [3.63, 3.8) is 0 Å². The van der Waals surface area contributed by atoms with Gasteiger partial charge in [0.2, 0.25) is 5.91 Å². The Kier molecular flexibility index (Phi) is 8.48. The third-order valence-electron chi connectivity index (χ3n) is 7.48. The first kappa shape index (κ1) is 26.4. The predicted octanol–water partition coefficient (Wildman–Crippen LogP) is 1.64. The van der Waals surface area contributed by atoms with Crippen LogP contribution in [-0.4, -0.2) is 69.3 Å². The SMILES string of the molecule is CN/C=C(\CN)c1cc2c(cc1C(F)F)N(C(N)C1=C(NC3CCNC3)CCN(C(C)=O)C1)CCC2. The van der Waals surface area contributed by atoms with Crippen molar-refractivity contribution in [1.82, 2.24) is 20.9 Å². The number of amides is 1. The van der Waals surface area contributed by atoms with E-state index in [1.54, 1.807) is 26.2 Å². The van der Waals surface area contributed by atoms with Crippen LogP contribution < -0.4 is 32.3 Å². The van der Waals surface area contributed by atoms with Crippen LogP contribution in [-0.2, 0) is 11.2 Å². The third-order valence-corrected chi connectivity index (χ3v) is 7.48. The molecule has 10 heteroatoms. The Balaban J connectivity index is 1.73. The van der Waals surface area contributed by atoms with Crippen LogP contribution in [0.3, 0.4) is 0 Å². The van der Waals surface area contributed by atoms with Crippen LogP contribution in [0.2, 0.25) is 0 Å². The van der Waals surface area contributed by atoms with E-state index in [9.17, 15) is 13.6 Å². The molecule has 3 heterocycles. The first-order valence-electron chi connectivity index (χ1n) is 12.8. The van der Waals surface area contributed by atoms with Crippen LogP contribution in [0, 0.1) is 0 Å². The zero-order chi connectivity index (χ0) is 25.8. The average molecular weight is 504 g/mol. The van der Waals surface area contributed by atoms with E-state index < -0.39 is 12.6 Å². The van der Waals surface area contributed by atoms with Gasteiger partial charge in [-0.15, -0.1) is 0 Å². The van der Waals surface area contributed by atoms with Crippen molar-refractivity contribution in [3.05, 3.63) is 46.3 Å². The second-order valence-corrected chi connectivity index (χ2v) is 9.80. The maximum atomic E-state index is 14.2. The summed E-state index contributed by atoms with van der Waals surface area (Å²) >= 11 is 0. The topological polar surface area (TPSA) is 112 Å². The molecule has 198 valence electrons. The summed E-state index contributed by atoms with van der Waals surface area (Å²) in [5.41, 5.74) is 17.6. The lowest BCUT2D eigenvalue weighted by atomic mass is 9.91. The molecule has 3 aliphatic heterocycles. The highest BCUT2D eigenvalue weighted by molar-refractivity contribution is 5.75. The minimum absolute atomic E-state index is 0.00981. The number of halogens is 2. The summed E-state index contributed by atoms with van der Waals surface area (Å²) in [7, 11) is 1.73. The number of hydrogen-bond donors (Lipinski definition) is 5. The van der Waals surface area contributed by atoms with Gasteiger partial charge in [-0.05, 0) is 54.6 Å². The molecule has 0 radical (unpaired) electrons. The van der Waals surface area contributed by atoms with Crippen molar-refractivity contribution >= 4 is 17.2 Å². The Labute approximate surface area is 212 Å². The van der Waals surface area contributed by atoms with Crippen molar-refractivity contribution in [2.45, 2.75) is 51.2 Å². The Bertz CT molecular complexity index is 1020. The first-order chi connectivity index (χ1) is 17.3. The predicted molar refractivity (Wildman–Crippen MR) is 139 cm³/mol. The summed E-state index contributed by atoms with van der Waals surface area (Å²) in [6, 6.07) is 3.77. The van der Waals surface area contributed by atoms with Gasteiger partial charge in [0, 0.05) is 87.9 Å². The molecule has 0 bridgehead atoms. The highest BCUT2D eigenvalue weighted by Gasteiger charge is 2.32. The molecule has 0 saturated carbocycles. The van der Waals surface area contributed by atoms with Gasteiger partial charge in [0.05, 0.1) is 0 Å². The van der Waals surface area contributed by atoms with Gasteiger partial charge in [-0.3, -0.25) is 4.79 Å². The number of hydrogen-bond acceptors (Lipinski definition) is 7. The standard InChI is InChI=1S/C26H39F2N7O/c1-16(36)34-9-6-23(33-19-5-7-32-14-19)22(15-34)26(30)35-8-3-4-17-10-20(18(12-29)13-31-2)21(25(27)28)11-24(17)35/h10-11,13,19,25-26,31-33H,3-9,12,14-15,29-30H2,1-2H3/b18-13+. The Morgan fingerprint density at radius 2 is 2.11 bits per heavy atom. The van der Waals surface area contributed by atoms with Crippen LogP contribution in [0.15, 0.2) is 29.6 Å². The van der Waals surface area contributed by atoms with Crippen LogP contribution in [0.4, 0.5) is 14.5 Å². The molecule has 2 unspecified atom stereocenters. The van der Waals surface area contributed by atoms with Gasteiger partial charge in [0.25, 0.3) is 6.43 Å². The molecule has 1 amide bonds. The normalized spacial score (nSPS) is 21.6. The zero-order valence-electron chi connectivity index (χ0n) is 21.2. The highest BCUT2D eigenvalue weighted by atomic mass is 19.3. The van der Waals surface area contributed by atoms with E-state index in [0.29, 0.717) is 43.2 Å². The molecule has 0 aromatic heterocycles. The molecular formula is C26H39F2N7O.